The van der Waals surface area contributed by atoms with Gasteiger partial charge in [-0.3, -0.25) is 0 Å². The molecule has 0 radical (unpaired) electrons. The summed E-state index contributed by atoms with van der Waals surface area (Å²) in [6, 6.07) is 16.1. The molecular formula is C33H42FN5O2. The summed E-state index contributed by atoms with van der Waals surface area (Å²) in [7, 11) is 1.88. The van der Waals surface area contributed by atoms with Crippen molar-refractivity contribution >= 4 is 5.69 Å². The first kappa shape index (κ1) is 29.0. The second-order valence-electron chi connectivity index (χ2n) is 11.3. The van der Waals surface area contributed by atoms with Gasteiger partial charge in [0.05, 0.1) is 6.61 Å². The van der Waals surface area contributed by atoms with Crippen LogP contribution < -0.4 is 15.6 Å². The number of hydrazine groups is 1. The van der Waals surface area contributed by atoms with E-state index in [-0.39, 0.29) is 12.0 Å². The van der Waals surface area contributed by atoms with Gasteiger partial charge in [-0.2, -0.15) is 5.01 Å². The molecule has 0 amide bonds. The predicted molar refractivity (Wildman–Crippen MR) is 161 cm³/mol. The molecule has 3 aromatic rings. The SMILES string of the molecule is Cc1cc(OCCC2CCOCC2)cc(C)c1-c1cccc(CNc2ccc(CCC3N=NNN3C)c(F)c2)c1C. The second-order valence-corrected chi connectivity index (χ2v) is 11.3. The maximum absolute atomic E-state index is 14.9. The molecule has 2 aliphatic rings. The molecule has 3 aromatic carbocycles. The van der Waals surface area contributed by atoms with Gasteiger partial charge in [-0.15, -0.1) is 5.11 Å². The molecule has 2 N–H and O–H groups in total. The van der Waals surface area contributed by atoms with Gasteiger partial charge in [0.2, 0.25) is 0 Å². The van der Waals surface area contributed by atoms with E-state index >= 15 is 0 Å². The van der Waals surface area contributed by atoms with Crippen molar-refractivity contribution in [3.63, 3.8) is 0 Å². The van der Waals surface area contributed by atoms with Crippen LogP contribution in [0.25, 0.3) is 11.1 Å². The summed E-state index contributed by atoms with van der Waals surface area (Å²) >= 11 is 0. The topological polar surface area (TPSA) is 70.5 Å². The fourth-order valence-corrected chi connectivity index (χ4v) is 5.86. The summed E-state index contributed by atoms with van der Waals surface area (Å²) in [5.41, 5.74) is 11.5. The first-order valence-electron chi connectivity index (χ1n) is 14.7. The van der Waals surface area contributed by atoms with Crippen LogP contribution in [0.2, 0.25) is 0 Å². The molecule has 0 spiro atoms. The van der Waals surface area contributed by atoms with Gasteiger partial charge in [0.25, 0.3) is 0 Å². The van der Waals surface area contributed by atoms with Crippen LogP contribution in [0.15, 0.2) is 58.9 Å². The lowest BCUT2D eigenvalue weighted by Crippen LogP contribution is -2.33. The van der Waals surface area contributed by atoms with Crippen molar-refractivity contribution in [2.45, 2.75) is 65.6 Å². The fraction of sp³-hybridized carbons (Fsp3) is 0.455. The van der Waals surface area contributed by atoms with Crippen LogP contribution in [0, 0.1) is 32.5 Å². The van der Waals surface area contributed by atoms with Gasteiger partial charge in [0.15, 0.2) is 0 Å². The molecule has 1 atom stereocenters. The summed E-state index contributed by atoms with van der Waals surface area (Å²) < 4.78 is 26.5. The maximum Gasteiger partial charge on any atom is 0.143 e. The second kappa shape index (κ2) is 13.4. The smallest absolute Gasteiger partial charge is 0.143 e. The number of hydrogen-bond acceptors (Lipinski definition) is 7. The van der Waals surface area contributed by atoms with Gasteiger partial charge in [0, 0.05) is 32.5 Å². The Morgan fingerprint density at radius 3 is 2.51 bits per heavy atom. The summed E-state index contributed by atoms with van der Waals surface area (Å²) in [6.45, 7) is 9.59. The molecule has 2 aliphatic heterocycles. The summed E-state index contributed by atoms with van der Waals surface area (Å²) in [6.07, 6.45) is 4.57. The van der Waals surface area contributed by atoms with Crippen molar-refractivity contribution in [1.29, 1.82) is 0 Å². The molecule has 2 heterocycles. The first-order valence-corrected chi connectivity index (χ1v) is 14.7. The standard InChI is InChI=1S/C33H42FN5O2/c1-22-18-29(41-17-14-25-12-15-40-16-13-25)19-23(2)33(22)30-7-5-6-27(24(30)3)21-35-28-10-8-26(31(34)20-28)9-11-32-36-37-38-39(32)4/h5-8,10,18-20,25,32,35H,9,11-17,21H2,1-4H3,(H,36,38). The van der Waals surface area contributed by atoms with Gasteiger partial charge in [-0.05, 0) is 122 Å². The molecule has 1 unspecified atom stereocenters. The van der Waals surface area contributed by atoms with Crippen molar-refractivity contribution in [3.05, 3.63) is 82.2 Å². The van der Waals surface area contributed by atoms with Crippen LogP contribution >= 0.6 is 0 Å². The lowest BCUT2D eigenvalue weighted by atomic mass is 9.90. The highest BCUT2D eigenvalue weighted by Crippen LogP contribution is 2.34. The molecule has 0 aromatic heterocycles. The van der Waals surface area contributed by atoms with E-state index in [1.807, 2.05) is 24.2 Å². The number of benzene rings is 3. The Hall–Kier alpha value is -3.49. The van der Waals surface area contributed by atoms with E-state index < -0.39 is 0 Å². The Morgan fingerprint density at radius 2 is 1.80 bits per heavy atom. The average molecular weight is 560 g/mol. The minimum atomic E-state index is -0.202. The Morgan fingerprint density at radius 1 is 1.02 bits per heavy atom. The molecular weight excluding hydrogens is 517 g/mol. The molecule has 41 heavy (non-hydrogen) atoms. The fourth-order valence-electron chi connectivity index (χ4n) is 5.86. The van der Waals surface area contributed by atoms with E-state index in [9.17, 15) is 4.39 Å². The quantitative estimate of drug-likeness (QED) is 0.258. The van der Waals surface area contributed by atoms with Gasteiger partial charge in [-0.25, -0.2) is 9.93 Å². The van der Waals surface area contributed by atoms with E-state index in [1.54, 1.807) is 6.07 Å². The number of nitrogens with zero attached hydrogens (tertiary/aromatic N) is 3. The van der Waals surface area contributed by atoms with E-state index in [2.05, 4.69) is 72.3 Å². The number of halogens is 1. The summed E-state index contributed by atoms with van der Waals surface area (Å²) in [5.74, 6) is 1.44. The highest BCUT2D eigenvalue weighted by Gasteiger charge is 2.19. The molecule has 0 bridgehead atoms. The zero-order valence-corrected chi connectivity index (χ0v) is 24.7. The lowest BCUT2D eigenvalue weighted by Gasteiger charge is -2.22. The monoisotopic (exact) mass is 559 g/mol. The Kier molecular flexibility index (Phi) is 9.52. The predicted octanol–water partition coefficient (Wildman–Crippen LogP) is 7.30. The number of rotatable bonds is 11. The summed E-state index contributed by atoms with van der Waals surface area (Å²) in [4.78, 5) is 0. The van der Waals surface area contributed by atoms with Crippen molar-refractivity contribution in [3.8, 4) is 16.9 Å². The van der Waals surface area contributed by atoms with E-state index in [0.29, 0.717) is 30.9 Å². The number of anilines is 1. The zero-order valence-electron chi connectivity index (χ0n) is 24.7. The number of hydrogen-bond donors (Lipinski definition) is 2. The maximum atomic E-state index is 14.9. The molecule has 0 saturated carbocycles. The van der Waals surface area contributed by atoms with E-state index in [1.165, 1.54) is 33.4 Å². The Bertz CT molecular complexity index is 1350. The molecule has 218 valence electrons. The third-order valence-corrected chi connectivity index (χ3v) is 8.41. The van der Waals surface area contributed by atoms with Crippen molar-refractivity contribution in [2.24, 2.45) is 16.3 Å². The highest BCUT2D eigenvalue weighted by molar-refractivity contribution is 5.75. The largest absolute Gasteiger partial charge is 0.494 e. The third kappa shape index (κ3) is 7.24. The van der Waals surface area contributed by atoms with E-state index in [4.69, 9.17) is 9.47 Å². The van der Waals surface area contributed by atoms with Gasteiger partial charge in [-0.1, -0.05) is 29.5 Å². The van der Waals surface area contributed by atoms with Crippen LogP contribution in [-0.4, -0.2) is 38.0 Å². The Labute approximate surface area is 243 Å². The van der Waals surface area contributed by atoms with E-state index in [0.717, 1.165) is 50.5 Å². The molecule has 7 nitrogen and oxygen atoms in total. The molecule has 1 fully saturated rings. The average Bonchev–Trinajstić information content (AvgIpc) is 3.37. The van der Waals surface area contributed by atoms with Gasteiger partial charge >= 0.3 is 0 Å². The van der Waals surface area contributed by atoms with Crippen LogP contribution in [0.3, 0.4) is 0 Å². The Balaban J connectivity index is 1.21. The van der Waals surface area contributed by atoms with Crippen molar-refractivity contribution in [2.75, 3.05) is 32.2 Å². The third-order valence-electron chi connectivity index (χ3n) is 8.41. The zero-order chi connectivity index (χ0) is 28.8. The minimum absolute atomic E-state index is 0.0689. The minimum Gasteiger partial charge on any atom is -0.494 e. The number of aryl methyl sites for hydroxylation is 3. The van der Waals surface area contributed by atoms with Gasteiger partial charge in [0.1, 0.15) is 17.7 Å². The lowest BCUT2D eigenvalue weighted by molar-refractivity contribution is 0.0593. The van der Waals surface area contributed by atoms with Crippen LogP contribution in [-0.2, 0) is 17.7 Å². The van der Waals surface area contributed by atoms with Gasteiger partial charge < -0.3 is 14.8 Å². The van der Waals surface area contributed by atoms with Crippen LogP contribution in [0.4, 0.5) is 10.1 Å². The van der Waals surface area contributed by atoms with Crippen molar-refractivity contribution in [1.82, 2.24) is 10.5 Å². The first-order chi connectivity index (χ1) is 19.9. The molecule has 1 saturated heterocycles. The van der Waals surface area contributed by atoms with Crippen molar-refractivity contribution < 1.29 is 13.9 Å². The molecule has 0 aliphatic carbocycles. The number of nitrogens with one attached hydrogen (secondary N) is 2. The highest BCUT2D eigenvalue weighted by atomic mass is 19.1. The summed E-state index contributed by atoms with van der Waals surface area (Å²) in [5, 5.41) is 13.2. The number of ether oxygens (including phenoxy) is 2. The molecule has 8 heteroatoms. The van der Waals surface area contributed by atoms with Crippen LogP contribution in [0.1, 0.15) is 53.5 Å². The molecule has 5 rings (SSSR count). The van der Waals surface area contributed by atoms with Crippen LogP contribution in [0.5, 0.6) is 5.75 Å². The normalized spacial score (nSPS) is 17.5.